The van der Waals surface area contributed by atoms with E-state index in [0.717, 1.165) is 41.4 Å². The van der Waals surface area contributed by atoms with Gasteiger partial charge in [-0.3, -0.25) is 0 Å². The van der Waals surface area contributed by atoms with Gasteiger partial charge in [-0.2, -0.15) is 0 Å². The van der Waals surface area contributed by atoms with E-state index in [1.807, 2.05) is 6.07 Å². The minimum Gasteiger partial charge on any atom is -0.461 e. The summed E-state index contributed by atoms with van der Waals surface area (Å²) >= 11 is 9.10. The summed E-state index contributed by atoms with van der Waals surface area (Å²) in [4.78, 5) is 17.2. The number of thiophene rings is 1. The van der Waals surface area contributed by atoms with Crippen LogP contribution >= 0.6 is 34.3 Å². The lowest BCUT2D eigenvalue weighted by Gasteiger charge is -1.99. The van der Waals surface area contributed by atoms with Gasteiger partial charge in [-0.05, 0) is 44.7 Å². The number of nitrogens with zero attached hydrogens (tertiary/aromatic N) is 1. The molecular formula is C15H18ClNO2S2. The van der Waals surface area contributed by atoms with Crippen molar-refractivity contribution < 1.29 is 9.53 Å². The zero-order chi connectivity index (χ0) is 15.1. The van der Waals surface area contributed by atoms with Crippen molar-refractivity contribution in [2.45, 2.75) is 39.0 Å². The van der Waals surface area contributed by atoms with Gasteiger partial charge >= 0.3 is 5.97 Å². The maximum absolute atomic E-state index is 11.5. The predicted molar refractivity (Wildman–Crippen MR) is 88.7 cm³/mol. The molecule has 0 atom stereocenters. The topological polar surface area (TPSA) is 39.2 Å². The number of carbonyl (C=O) groups is 1. The number of hydrogen-bond acceptors (Lipinski definition) is 5. The van der Waals surface area contributed by atoms with Gasteiger partial charge in [0.1, 0.15) is 0 Å². The molecule has 0 aliphatic carbocycles. The molecular weight excluding hydrogens is 326 g/mol. The maximum atomic E-state index is 11.5. The number of halogens is 1. The molecule has 2 aromatic heterocycles. The molecule has 0 saturated heterocycles. The van der Waals surface area contributed by atoms with Gasteiger partial charge in [-0.25, -0.2) is 9.78 Å². The third-order valence-corrected chi connectivity index (χ3v) is 5.18. The molecule has 0 amide bonds. The quantitative estimate of drug-likeness (QED) is 0.500. The summed E-state index contributed by atoms with van der Waals surface area (Å²) in [5.41, 5.74) is 0.435. The number of ether oxygens (including phenoxy) is 1. The van der Waals surface area contributed by atoms with E-state index in [1.165, 1.54) is 16.2 Å². The molecule has 2 heterocycles. The number of unbranched alkanes of at least 4 members (excludes halogenated alkanes) is 2. The Labute approximate surface area is 137 Å². The lowest BCUT2D eigenvalue weighted by atomic mass is 10.1. The van der Waals surface area contributed by atoms with Crippen LogP contribution in [0.15, 0.2) is 17.5 Å². The predicted octanol–water partition coefficient (Wildman–Crippen LogP) is 4.99. The van der Waals surface area contributed by atoms with Crippen molar-refractivity contribution in [3.63, 3.8) is 0 Å². The van der Waals surface area contributed by atoms with Crippen LogP contribution in [-0.4, -0.2) is 17.6 Å². The van der Waals surface area contributed by atoms with Crippen LogP contribution in [0.3, 0.4) is 0 Å². The first-order valence-electron chi connectivity index (χ1n) is 7.04. The van der Waals surface area contributed by atoms with Gasteiger partial charge < -0.3 is 4.74 Å². The SMILES string of the molecule is CCOC(=O)c1csc(CCCCCc2ccc(Cl)s2)n1. The number of hydrogen-bond donors (Lipinski definition) is 0. The highest BCUT2D eigenvalue weighted by molar-refractivity contribution is 7.16. The van der Waals surface area contributed by atoms with Crippen molar-refractivity contribution >= 4 is 40.2 Å². The Hall–Kier alpha value is -0.910. The minimum absolute atomic E-state index is 0.324. The highest BCUT2D eigenvalue weighted by atomic mass is 35.5. The number of thiazole rings is 1. The fourth-order valence-corrected chi connectivity index (χ4v) is 3.90. The molecule has 0 N–H and O–H groups in total. The average molecular weight is 344 g/mol. The standard InChI is InChI=1S/C15H18ClNO2S2/c1-2-19-15(18)12-10-20-14(17-12)7-5-3-4-6-11-8-9-13(16)21-11/h8-10H,2-7H2,1H3. The highest BCUT2D eigenvalue weighted by Gasteiger charge is 2.11. The van der Waals surface area contributed by atoms with Crippen LogP contribution in [0.2, 0.25) is 4.34 Å². The smallest absolute Gasteiger partial charge is 0.357 e. The Kier molecular flexibility index (Phi) is 6.67. The Balaban J connectivity index is 1.65. The summed E-state index contributed by atoms with van der Waals surface area (Å²) in [7, 11) is 0. The second-order valence-corrected chi connectivity index (χ2v) is 7.36. The fraction of sp³-hybridized carbons (Fsp3) is 0.467. The Morgan fingerprint density at radius 2 is 2.10 bits per heavy atom. The van der Waals surface area contributed by atoms with E-state index < -0.39 is 0 Å². The molecule has 0 radical (unpaired) electrons. The second kappa shape index (κ2) is 8.51. The third-order valence-electron chi connectivity index (χ3n) is 2.98. The summed E-state index contributed by atoms with van der Waals surface area (Å²) in [5, 5.41) is 2.79. The number of aryl methyl sites for hydroxylation is 2. The van der Waals surface area contributed by atoms with Crippen LogP contribution in [0.5, 0.6) is 0 Å². The number of aromatic nitrogens is 1. The van der Waals surface area contributed by atoms with Gasteiger partial charge in [0.15, 0.2) is 5.69 Å². The van der Waals surface area contributed by atoms with Crippen molar-refractivity contribution in [1.29, 1.82) is 0 Å². The largest absolute Gasteiger partial charge is 0.461 e. The normalized spacial score (nSPS) is 10.8. The van der Waals surface area contributed by atoms with Crippen LogP contribution in [0.25, 0.3) is 0 Å². The van der Waals surface area contributed by atoms with Crippen LogP contribution in [0, 0.1) is 0 Å². The van der Waals surface area contributed by atoms with Gasteiger partial charge in [-0.15, -0.1) is 22.7 Å². The van der Waals surface area contributed by atoms with E-state index in [1.54, 1.807) is 23.6 Å². The van der Waals surface area contributed by atoms with Crippen LogP contribution in [-0.2, 0) is 17.6 Å². The zero-order valence-electron chi connectivity index (χ0n) is 11.9. The highest BCUT2D eigenvalue weighted by Crippen LogP contribution is 2.23. The summed E-state index contributed by atoms with van der Waals surface area (Å²) in [6.07, 6.45) is 5.42. The van der Waals surface area contributed by atoms with E-state index in [9.17, 15) is 4.79 Å². The molecule has 0 fully saturated rings. The molecule has 3 nitrogen and oxygen atoms in total. The first-order chi connectivity index (χ1) is 10.2. The molecule has 0 bridgehead atoms. The molecule has 0 saturated carbocycles. The molecule has 0 aromatic carbocycles. The van der Waals surface area contributed by atoms with Crippen molar-refractivity contribution in [3.05, 3.63) is 37.4 Å². The van der Waals surface area contributed by atoms with E-state index in [4.69, 9.17) is 16.3 Å². The van der Waals surface area contributed by atoms with E-state index in [2.05, 4.69) is 11.1 Å². The van der Waals surface area contributed by atoms with Crippen LogP contribution in [0.1, 0.15) is 46.6 Å². The summed E-state index contributed by atoms with van der Waals surface area (Å²) in [5.74, 6) is -0.324. The van der Waals surface area contributed by atoms with Gasteiger partial charge in [-0.1, -0.05) is 18.0 Å². The number of carbonyl (C=O) groups excluding carboxylic acids is 1. The van der Waals surface area contributed by atoms with E-state index >= 15 is 0 Å². The molecule has 0 aliphatic rings. The lowest BCUT2D eigenvalue weighted by molar-refractivity contribution is 0.0520. The van der Waals surface area contributed by atoms with Crippen molar-refractivity contribution in [2.24, 2.45) is 0 Å². The summed E-state index contributed by atoms with van der Waals surface area (Å²) < 4.78 is 5.79. The number of rotatable bonds is 8. The molecule has 2 rings (SSSR count). The van der Waals surface area contributed by atoms with Gasteiger partial charge in [0.05, 0.1) is 16.0 Å². The second-order valence-electron chi connectivity index (χ2n) is 4.61. The Bertz CT molecular complexity index is 580. The van der Waals surface area contributed by atoms with Crippen LogP contribution in [0.4, 0.5) is 0 Å². The zero-order valence-corrected chi connectivity index (χ0v) is 14.3. The number of esters is 1. The van der Waals surface area contributed by atoms with Crippen molar-refractivity contribution in [3.8, 4) is 0 Å². The monoisotopic (exact) mass is 343 g/mol. The molecule has 2 aromatic rings. The summed E-state index contributed by atoms with van der Waals surface area (Å²) in [6, 6.07) is 4.05. The maximum Gasteiger partial charge on any atom is 0.357 e. The Morgan fingerprint density at radius 1 is 1.29 bits per heavy atom. The molecule has 0 spiro atoms. The van der Waals surface area contributed by atoms with Gasteiger partial charge in [0.25, 0.3) is 0 Å². The first-order valence-corrected chi connectivity index (χ1v) is 9.12. The molecule has 114 valence electrons. The van der Waals surface area contributed by atoms with Crippen LogP contribution < -0.4 is 0 Å². The summed E-state index contributed by atoms with van der Waals surface area (Å²) in [6.45, 7) is 2.18. The molecule has 0 unspecified atom stereocenters. The molecule has 6 heteroatoms. The van der Waals surface area contributed by atoms with Crippen molar-refractivity contribution in [1.82, 2.24) is 4.98 Å². The molecule has 0 aliphatic heterocycles. The van der Waals surface area contributed by atoms with Crippen molar-refractivity contribution in [2.75, 3.05) is 6.61 Å². The van der Waals surface area contributed by atoms with Gasteiger partial charge in [0, 0.05) is 10.3 Å². The van der Waals surface area contributed by atoms with E-state index in [-0.39, 0.29) is 5.97 Å². The Morgan fingerprint density at radius 3 is 2.81 bits per heavy atom. The average Bonchev–Trinajstić information content (AvgIpc) is 3.08. The minimum atomic E-state index is -0.324. The van der Waals surface area contributed by atoms with E-state index in [0.29, 0.717) is 12.3 Å². The fourth-order valence-electron chi connectivity index (χ4n) is 1.96. The first kappa shape index (κ1) is 16.5. The molecule has 21 heavy (non-hydrogen) atoms. The van der Waals surface area contributed by atoms with Gasteiger partial charge in [0.2, 0.25) is 0 Å². The lowest BCUT2D eigenvalue weighted by Crippen LogP contribution is -2.05. The third kappa shape index (κ3) is 5.41.